The van der Waals surface area contributed by atoms with Crippen molar-refractivity contribution >= 4 is 23.4 Å². The van der Waals surface area contributed by atoms with E-state index in [4.69, 9.17) is 10.1 Å². The summed E-state index contributed by atoms with van der Waals surface area (Å²) in [5.74, 6) is 0.697. The number of hydrogen-bond donors (Lipinski definition) is 3. The normalized spacial score (nSPS) is 16.3. The van der Waals surface area contributed by atoms with Gasteiger partial charge in [0.25, 0.3) is 0 Å². The Bertz CT molecular complexity index is 1190. The van der Waals surface area contributed by atoms with Crippen LogP contribution in [0.4, 0.5) is 17.5 Å². The van der Waals surface area contributed by atoms with Gasteiger partial charge in [0.15, 0.2) is 0 Å². The Morgan fingerprint density at radius 1 is 1.18 bits per heavy atom. The first kappa shape index (κ1) is 27.4. The van der Waals surface area contributed by atoms with Crippen molar-refractivity contribution in [1.29, 1.82) is 0 Å². The highest BCUT2D eigenvalue weighted by molar-refractivity contribution is 5.69. The Morgan fingerprint density at radius 2 is 2.05 bits per heavy atom. The van der Waals surface area contributed by atoms with E-state index in [9.17, 15) is 4.79 Å². The fourth-order valence-corrected chi connectivity index (χ4v) is 4.70. The van der Waals surface area contributed by atoms with Crippen molar-refractivity contribution in [3.63, 3.8) is 0 Å². The zero-order valence-electron chi connectivity index (χ0n) is 22.5. The number of carbonyl (C=O) groups is 1. The van der Waals surface area contributed by atoms with Crippen molar-refractivity contribution in [3.05, 3.63) is 60.4 Å². The molecule has 0 saturated carbocycles. The zero-order chi connectivity index (χ0) is 26.9. The summed E-state index contributed by atoms with van der Waals surface area (Å²) in [6.45, 7) is 7.34. The van der Waals surface area contributed by atoms with Gasteiger partial charge in [-0.15, -0.1) is 0 Å². The van der Waals surface area contributed by atoms with Gasteiger partial charge in [0, 0.05) is 69.5 Å². The lowest BCUT2D eigenvalue weighted by Crippen LogP contribution is -2.52. The Kier molecular flexibility index (Phi) is 9.58. The van der Waals surface area contributed by atoms with E-state index in [0.717, 1.165) is 68.5 Å². The number of rotatable bonds is 12. The molecule has 10 heteroatoms. The molecule has 3 aromatic rings. The number of nitrogens with zero attached hydrogens (tertiary/aromatic N) is 6. The third kappa shape index (κ3) is 7.70. The molecule has 0 amide bonds. The van der Waals surface area contributed by atoms with E-state index in [0.29, 0.717) is 5.95 Å². The highest BCUT2D eigenvalue weighted by Crippen LogP contribution is 2.22. The molecule has 3 heterocycles. The summed E-state index contributed by atoms with van der Waals surface area (Å²) < 4.78 is 0. The molecular formula is C28H38N8O2. The SMILES string of the molecule is CNCCCN(C)c1ccc(-c2ccnc(Nc3cccc(CN4CCN(CC(=O)O)CC4C)c3)n2)cn1. The minimum absolute atomic E-state index is 0.102. The van der Waals surface area contributed by atoms with Crippen LogP contribution in [-0.2, 0) is 11.3 Å². The molecule has 0 spiro atoms. The topological polar surface area (TPSA) is 110 Å². The number of hydrogen-bond acceptors (Lipinski definition) is 9. The Labute approximate surface area is 224 Å². The van der Waals surface area contributed by atoms with Gasteiger partial charge in [0.1, 0.15) is 5.82 Å². The fourth-order valence-electron chi connectivity index (χ4n) is 4.70. The molecule has 10 nitrogen and oxygen atoms in total. The van der Waals surface area contributed by atoms with E-state index >= 15 is 0 Å². The van der Waals surface area contributed by atoms with Crippen molar-refractivity contribution in [1.82, 2.24) is 30.1 Å². The van der Waals surface area contributed by atoms with Crippen molar-refractivity contribution in [2.45, 2.75) is 25.9 Å². The van der Waals surface area contributed by atoms with E-state index in [1.54, 1.807) is 6.20 Å². The van der Waals surface area contributed by atoms with E-state index in [1.807, 2.05) is 48.5 Å². The van der Waals surface area contributed by atoms with Crippen LogP contribution in [0.3, 0.4) is 0 Å². The van der Waals surface area contributed by atoms with Crippen LogP contribution in [-0.4, -0.2) is 95.2 Å². The number of aromatic nitrogens is 3. The molecule has 1 saturated heterocycles. The molecule has 0 radical (unpaired) electrons. The van der Waals surface area contributed by atoms with Crippen LogP contribution in [0.15, 0.2) is 54.9 Å². The Morgan fingerprint density at radius 3 is 2.79 bits per heavy atom. The van der Waals surface area contributed by atoms with E-state index in [-0.39, 0.29) is 12.6 Å². The second-order valence-electron chi connectivity index (χ2n) is 9.82. The van der Waals surface area contributed by atoms with Gasteiger partial charge < -0.3 is 20.6 Å². The summed E-state index contributed by atoms with van der Waals surface area (Å²) in [5.41, 5.74) is 3.85. The summed E-state index contributed by atoms with van der Waals surface area (Å²) in [6.07, 6.45) is 4.67. The summed E-state index contributed by atoms with van der Waals surface area (Å²) in [6, 6.07) is 14.5. The van der Waals surface area contributed by atoms with Gasteiger partial charge >= 0.3 is 5.97 Å². The van der Waals surface area contributed by atoms with Crippen LogP contribution in [0.25, 0.3) is 11.3 Å². The minimum Gasteiger partial charge on any atom is -0.480 e. The van der Waals surface area contributed by atoms with Crippen LogP contribution in [0.5, 0.6) is 0 Å². The molecule has 0 bridgehead atoms. The molecule has 3 N–H and O–H groups in total. The third-order valence-corrected chi connectivity index (χ3v) is 6.79. The number of benzene rings is 1. The van der Waals surface area contributed by atoms with Gasteiger partial charge in [-0.25, -0.2) is 15.0 Å². The monoisotopic (exact) mass is 518 g/mol. The number of piperazine rings is 1. The predicted octanol–water partition coefficient (Wildman–Crippen LogP) is 2.92. The number of aliphatic carboxylic acids is 1. The van der Waals surface area contributed by atoms with Gasteiger partial charge in [-0.1, -0.05) is 12.1 Å². The number of carboxylic acid groups (broad SMARTS) is 1. The molecule has 38 heavy (non-hydrogen) atoms. The van der Waals surface area contributed by atoms with Gasteiger partial charge in [-0.3, -0.25) is 14.6 Å². The fraction of sp³-hybridized carbons (Fsp3) is 0.429. The molecule has 202 valence electrons. The van der Waals surface area contributed by atoms with Crippen molar-refractivity contribution in [3.8, 4) is 11.3 Å². The molecule has 0 aliphatic carbocycles. The molecule has 1 aliphatic heterocycles. The molecule has 2 aromatic heterocycles. The first-order valence-electron chi connectivity index (χ1n) is 13.1. The van der Waals surface area contributed by atoms with E-state index < -0.39 is 5.97 Å². The van der Waals surface area contributed by atoms with Gasteiger partial charge in [-0.05, 0) is 62.8 Å². The van der Waals surface area contributed by atoms with Crippen molar-refractivity contribution in [2.24, 2.45) is 0 Å². The van der Waals surface area contributed by atoms with Crippen LogP contribution >= 0.6 is 0 Å². The summed E-state index contributed by atoms with van der Waals surface area (Å²) >= 11 is 0. The third-order valence-electron chi connectivity index (χ3n) is 6.79. The molecule has 1 aliphatic rings. The average molecular weight is 519 g/mol. The second kappa shape index (κ2) is 13.3. The lowest BCUT2D eigenvalue weighted by molar-refractivity contribution is -0.139. The smallest absolute Gasteiger partial charge is 0.317 e. The van der Waals surface area contributed by atoms with E-state index in [2.05, 4.69) is 56.5 Å². The maximum atomic E-state index is 11.0. The van der Waals surface area contributed by atoms with Crippen molar-refractivity contribution < 1.29 is 9.90 Å². The first-order valence-corrected chi connectivity index (χ1v) is 13.1. The molecular weight excluding hydrogens is 480 g/mol. The number of carboxylic acids is 1. The van der Waals surface area contributed by atoms with Gasteiger partial charge in [0.2, 0.25) is 5.95 Å². The lowest BCUT2D eigenvalue weighted by atomic mass is 10.1. The quantitative estimate of drug-likeness (QED) is 0.310. The molecule has 1 unspecified atom stereocenters. The maximum Gasteiger partial charge on any atom is 0.317 e. The predicted molar refractivity (Wildman–Crippen MR) is 151 cm³/mol. The Hall–Kier alpha value is -3.60. The molecule has 1 fully saturated rings. The standard InChI is InChI=1S/C28H38N8O2/c1-21-18-35(20-27(37)38)14-15-36(21)19-22-6-4-7-24(16-22)32-28-30-12-10-25(33-28)23-8-9-26(31-17-23)34(3)13-5-11-29-2/h4,6-10,12,16-17,21,29H,5,11,13-15,18-20H2,1-3H3,(H,37,38)(H,30,32,33). The van der Waals surface area contributed by atoms with Gasteiger partial charge in [0.05, 0.1) is 12.2 Å². The van der Waals surface area contributed by atoms with Crippen LogP contribution in [0, 0.1) is 0 Å². The summed E-state index contributed by atoms with van der Waals surface area (Å²) in [7, 11) is 4.02. The first-order chi connectivity index (χ1) is 18.4. The van der Waals surface area contributed by atoms with Crippen molar-refractivity contribution in [2.75, 3.05) is 63.6 Å². The number of nitrogens with one attached hydrogen (secondary N) is 2. The molecule has 1 aromatic carbocycles. The summed E-state index contributed by atoms with van der Waals surface area (Å²) in [4.78, 5) is 31.3. The van der Waals surface area contributed by atoms with Crippen LogP contribution < -0.4 is 15.5 Å². The Balaban J connectivity index is 1.37. The number of pyridine rings is 1. The largest absolute Gasteiger partial charge is 0.480 e. The van der Waals surface area contributed by atoms with Crippen LogP contribution in [0.1, 0.15) is 18.9 Å². The van der Waals surface area contributed by atoms with Gasteiger partial charge in [-0.2, -0.15) is 0 Å². The lowest BCUT2D eigenvalue weighted by Gasteiger charge is -2.39. The minimum atomic E-state index is -0.771. The number of anilines is 3. The van der Waals surface area contributed by atoms with E-state index in [1.165, 1.54) is 5.56 Å². The van der Waals surface area contributed by atoms with Crippen LogP contribution in [0.2, 0.25) is 0 Å². The highest BCUT2D eigenvalue weighted by Gasteiger charge is 2.24. The summed E-state index contributed by atoms with van der Waals surface area (Å²) in [5, 5.41) is 15.6. The zero-order valence-corrected chi connectivity index (χ0v) is 22.5. The molecule has 4 rings (SSSR count). The average Bonchev–Trinajstić information content (AvgIpc) is 2.90. The highest BCUT2D eigenvalue weighted by atomic mass is 16.4. The second-order valence-corrected chi connectivity index (χ2v) is 9.82. The molecule has 1 atom stereocenters. The maximum absolute atomic E-state index is 11.0.